The molecular weight excluding hydrogens is 468 g/mol. The minimum Gasteiger partial charge on any atom is -0.430 e. The SMILES string of the molecule is Cc1cccc(OC(=O)O[C@H]2CC[C@@]3(C)C(=CC[C@H]4[C@@H]5CC[C@H]([C@H](C)CCCC(C)C)[C@@]5(C)CC[C@@H]43)C2)c1. The Labute approximate surface area is 232 Å². The Bertz CT molecular complexity index is 1030. The Morgan fingerprint density at radius 3 is 2.61 bits per heavy atom. The van der Waals surface area contributed by atoms with E-state index in [-0.39, 0.29) is 11.5 Å². The van der Waals surface area contributed by atoms with Gasteiger partial charge in [-0.25, -0.2) is 4.79 Å². The molecule has 0 N–H and O–H groups in total. The van der Waals surface area contributed by atoms with E-state index in [4.69, 9.17) is 9.47 Å². The minimum absolute atomic E-state index is 0.0698. The average Bonchev–Trinajstić information content (AvgIpc) is 3.21. The molecule has 0 heterocycles. The summed E-state index contributed by atoms with van der Waals surface area (Å²) >= 11 is 0. The molecule has 0 radical (unpaired) electrons. The van der Waals surface area contributed by atoms with Gasteiger partial charge in [-0.05, 0) is 116 Å². The molecule has 0 aromatic heterocycles. The number of benzene rings is 1. The zero-order valence-electron chi connectivity index (χ0n) is 24.9. The number of allylic oxidation sites excluding steroid dienone is 1. The lowest BCUT2D eigenvalue weighted by molar-refractivity contribution is -0.0597. The molecular formula is C35H52O3. The van der Waals surface area contributed by atoms with Crippen molar-refractivity contribution in [2.45, 2.75) is 118 Å². The first-order valence-electron chi connectivity index (χ1n) is 15.7. The lowest BCUT2D eigenvalue weighted by atomic mass is 9.47. The summed E-state index contributed by atoms with van der Waals surface area (Å²) in [5.74, 6) is 5.65. The van der Waals surface area contributed by atoms with E-state index in [2.05, 4.69) is 40.7 Å². The van der Waals surface area contributed by atoms with Gasteiger partial charge in [-0.15, -0.1) is 0 Å². The highest BCUT2D eigenvalue weighted by Crippen LogP contribution is 2.67. The van der Waals surface area contributed by atoms with E-state index in [1.54, 1.807) is 5.57 Å². The Hall–Kier alpha value is -1.77. The van der Waals surface area contributed by atoms with Gasteiger partial charge in [0.1, 0.15) is 11.9 Å². The van der Waals surface area contributed by atoms with Crippen LogP contribution in [0.15, 0.2) is 35.9 Å². The number of ether oxygens (including phenoxy) is 2. The van der Waals surface area contributed by atoms with Crippen LogP contribution < -0.4 is 4.74 Å². The monoisotopic (exact) mass is 520 g/mol. The van der Waals surface area contributed by atoms with Gasteiger partial charge in [0.05, 0.1) is 0 Å². The third kappa shape index (κ3) is 5.33. The van der Waals surface area contributed by atoms with Crippen LogP contribution in [0.5, 0.6) is 5.75 Å². The topological polar surface area (TPSA) is 35.5 Å². The highest BCUT2D eigenvalue weighted by atomic mass is 16.7. The van der Waals surface area contributed by atoms with Crippen molar-refractivity contribution in [1.29, 1.82) is 0 Å². The summed E-state index contributed by atoms with van der Waals surface area (Å²) in [5, 5.41) is 0. The Morgan fingerprint density at radius 2 is 1.84 bits per heavy atom. The first-order chi connectivity index (χ1) is 18.1. The molecule has 3 saturated carbocycles. The lowest BCUT2D eigenvalue weighted by Crippen LogP contribution is -2.51. The summed E-state index contributed by atoms with van der Waals surface area (Å²) in [5.41, 5.74) is 3.42. The van der Waals surface area contributed by atoms with Crippen molar-refractivity contribution in [1.82, 2.24) is 0 Å². The lowest BCUT2D eigenvalue weighted by Gasteiger charge is -2.58. The zero-order chi connectivity index (χ0) is 27.1. The molecule has 0 bridgehead atoms. The summed E-state index contributed by atoms with van der Waals surface area (Å²) in [6, 6.07) is 7.59. The molecule has 4 aliphatic rings. The number of hydrogen-bond acceptors (Lipinski definition) is 3. The van der Waals surface area contributed by atoms with E-state index < -0.39 is 6.16 Å². The van der Waals surface area contributed by atoms with Gasteiger partial charge in [-0.1, -0.05) is 77.7 Å². The van der Waals surface area contributed by atoms with Crippen molar-refractivity contribution in [3.63, 3.8) is 0 Å². The number of carbonyl (C=O) groups is 1. The van der Waals surface area contributed by atoms with Gasteiger partial charge in [0.15, 0.2) is 0 Å². The number of aryl methyl sites for hydroxylation is 1. The van der Waals surface area contributed by atoms with Crippen molar-refractivity contribution in [2.24, 2.45) is 46.3 Å². The first kappa shape index (κ1) is 27.8. The Morgan fingerprint density at radius 1 is 1.03 bits per heavy atom. The largest absolute Gasteiger partial charge is 0.514 e. The molecule has 8 atom stereocenters. The maximum atomic E-state index is 12.5. The van der Waals surface area contributed by atoms with Gasteiger partial charge >= 0.3 is 6.16 Å². The second-order valence-electron chi connectivity index (χ2n) is 14.4. The molecule has 3 fully saturated rings. The molecule has 1 aromatic carbocycles. The maximum Gasteiger partial charge on any atom is 0.514 e. The molecule has 0 amide bonds. The van der Waals surface area contributed by atoms with E-state index in [9.17, 15) is 4.79 Å². The second kappa shape index (κ2) is 11.0. The van der Waals surface area contributed by atoms with E-state index in [0.717, 1.165) is 60.3 Å². The summed E-state index contributed by atoms with van der Waals surface area (Å²) in [4.78, 5) is 12.5. The van der Waals surface area contributed by atoms with Crippen molar-refractivity contribution in [2.75, 3.05) is 0 Å². The second-order valence-corrected chi connectivity index (χ2v) is 14.4. The first-order valence-corrected chi connectivity index (χ1v) is 15.7. The molecule has 1 aromatic rings. The smallest absolute Gasteiger partial charge is 0.430 e. The van der Waals surface area contributed by atoms with Crippen LogP contribution in [-0.4, -0.2) is 12.3 Å². The van der Waals surface area contributed by atoms with Crippen LogP contribution in [0.1, 0.15) is 111 Å². The fraction of sp³-hybridized carbons (Fsp3) is 0.743. The molecule has 5 rings (SSSR count). The van der Waals surface area contributed by atoms with Crippen LogP contribution in [0.25, 0.3) is 0 Å². The van der Waals surface area contributed by atoms with Gasteiger partial charge in [-0.3, -0.25) is 0 Å². The third-order valence-electron chi connectivity index (χ3n) is 11.7. The molecule has 0 aliphatic heterocycles. The van der Waals surface area contributed by atoms with Crippen LogP contribution >= 0.6 is 0 Å². The molecule has 0 spiro atoms. The highest BCUT2D eigenvalue weighted by Gasteiger charge is 2.59. The maximum absolute atomic E-state index is 12.5. The highest BCUT2D eigenvalue weighted by molar-refractivity contribution is 5.64. The van der Waals surface area contributed by atoms with Gasteiger partial charge in [0.25, 0.3) is 0 Å². The van der Waals surface area contributed by atoms with E-state index >= 15 is 0 Å². The van der Waals surface area contributed by atoms with Crippen molar-refractivity contribution in [3.05, 3.63) is 41.5 Å². The van der Waals surface area contributed by atoms with E-state index in [0.29, 0.717) is 11.2 Å². The Kier molecular flexibility index (Phi) is 8.05. The quantitative estimate of drug-likeness (QED) is 0.204. The normalized spacial score (nSPS) is 37.0. The standard InChI is InChI=1S/C35H52O3/c1-23(2)9-7-11-25(4)30-15-16-31-29-14-13-26-22-28(38-33(36)37-27-12-8-10-24(3)21-27)17-19-34(26,5)32(29)18-20-35(30,31)6/h8,10,12-13,21,23,25,28-32H,7,9,11,14-20,22H2,1-6H3/t25-,28+,29+,30-,31+,32+,34+,35-/m1/s1. The fourth-order valence-corrected chi connectivity index (χ4v) is 9.69. The number of rotatable bonds is 7. The molecule has 38 heavy (non-hydrogen) atoms. The van der Waals surface area contributed by atoms with Crippen LogP contribution in [0.4, 0.5) is 4.79 Å². The molecule has 0 unspecified atom stereocenters. The molecule has 0 saturated heterocycles. The van der Waals surface area contributed by atoms with Gasteiger partial charge in [0, 0.05) is 6.42 Å². The minimum atomic E-state index is -0.563. The zero-order valence-corrected chi connectivity index (χ0v) is 24.9. The average molecular weight is 521 g/mol. The Balaban J connectivity index is 1.22. The summed E-state index contributed by atoms with van der Waals surface area (Å²) in [7, 11) is 0. The predicted octanol–water partition coefficient (Wildman–Crippen LogP) is 9.92. The summed E-state index contributed by atoms with van der Waals surface area (Å²) < 4.78 is 11.3. The van der Waals surface area contributed by atoms with Gasteiger partial charge in [-0.2, -0.15) is 0 Å². The summed E-state index contributed by atoms with van der Waals surface area (Å²) in [6.45, 7) is 14.5. The fourth-order valence-electron chi connectivity index (χ4n) is 9.69. The van der Waals surface area contributed by atoms with Crippen molar-refractivity contribution in [3.8, 4) is 5.75 Å². The van der Waals surface area contributed by atoms with Crippen LogP contribution in [-0.2, 0) is 4.74 Å². The number of fused-ring (bicyclic) bond motifs is 5. The van der Waals surface area contributed by atoms with Gasteiger partial charge < -0.3 is 9.47 Å². The number of carbonyl (C=O) groups excluding carboxylic acids is 1. The van der Waals surface area contributed by atoms with Gasteiger partial charge in [0.2, 0.25) is 0 Å². The van der Waals surface area contributed by atoms with Crippen LogP contribution in [0, 0.1) is 53.3 Å². The molecule has 4 aliphatic carbocycles. The molecule has 3 nitrogen and oxygen atoms in total. The van der Waals surface area contributed by atoms with Crippen LogP contribution in [0.2, 0.25) is 0 Å². The van der Waals surface area contributed by atoms with Crippen molar-refractivity contribution < 1.29 is 14.3 Å². The summed E-state index contributed by atoms with van der Waals surface area (Å²) in [6.07, 6.45) is 16.0. The third-order valence-corrected chi connectivity index (χ3v) is 11.7. The van der Waals surface area contributed by atoms with Crippen molar-refractivity contribution >= 4 is 6.16 Å². The molecule has 210 valence electrons. The predicted molar refractivity (Wildman–Crippen MR) is 155 cm³/mol. The molecule has 3 heteroatoms. The van der Waals surface area contributed by atoms with E-state index in [1.807, 2.05) is 31.2 Å². The van der Waals surface area contributed by atoms with E-state index in [1.165, 1.54) is 51.4 Å². The van der Waals surface area contributed by atoms with Crippen LogP contribution in [0.3, 0.4) is 0 Å². The number of hydrogen-bond donors (Lipinski definition) is 0.